The summed E-state index contributed by atoms with van der Waals surface area (Å²) in [5, 5.41) is 11.2. The van der Waals surface area contributed by atoms with Gasteiger partial charge in [-0.05, 0) is 59.1 Å². The van der Waals surface area contributed by atoms with Crippen molar-refractivity contribution in [2.24, 2.45) is 0 Å². The molecule has 1 aromatic heterocycles. The summed E-state index contributed by atoms with van der Waals surface area (Å²) >= 11 is 15.8. The minimum atomic E-state index is -0.473. The molecule has 0 unspecified atom stereocenters. The summed E-state index contributed by atoms with van der Waals surface area (Å²) in [5.74, 6) is -1.20. The zero-order chi connectivity index (χ0) is 20.1. The first kappa shape index (κ1) is 21.7. The number of pyridine rings is 1. The number of nitrogens with zero attached hydrogens (tertiary/aromatic N) is 1. The zero-order valence-corrected chi connectivity index (χ0v) is 17.9. The molecule has 0 aliphatic rings. The Morgan fingerprint density at radius 1 is 1.19 bits per heavy atom. The number of aromatic nitrogens is 1. The second kappa shape index (κ2) is 9.53. The molecule has 0 saturated heterocycles. The van der Waals surface area contributed by atoms with Crippen LogP contribution in [-0.4, -0.2) is 28.4 Å². The summed E-state index contributed by atoms with van der Waals surface area (Å²) in [7, 11) is 0. The van der Waals surface area contributed by atoms with Gasteiger partial charge in [0, 0.05) is 28.6 Å². The lowest BCUT2D eigenvalue weighted by molar-refractivity contribution is -0.143. The van der Waals surface area contributed by atoms with Gasteiger partial charge in [-0.25, -0.2) is 4.98 Å². The molecule has 27 heavy (non-hydrogen) atoms. The fourth-order valence-electron chi connectivity index (χ4n) is 2.49. The molecule has 0 atom stereocenters. The highest BCUT2D eigenvalue weighted by Gasteiger charge is 2.20. The summed E-state index contributed by atoms with van der Waals surface area (Å²) in [6.07, 6.45) is 0.0988. The molecule has 0 aliphatic carbocycles. The lowest BCUT2D eigenvalue weighted by Crippen LogP contribution is -2.10. The Morgan fingerprint density at radius 2 is 1.81 bits per heavy atom. The van der Waals surface area contributed by atoms with Crippen LogP contribution in [0.5, 0.6) is 5.75 Å². The number of hydrogen-bond acceptors (Lipinski definition) is 5. The highest BCUT2D eigenvalue weighted by molar-refractivity contribution is 9.10. The van der Waals surface area contributed by atoms with E-state index in [0.717, 1.165) is 5.56 Å². The molecule has 0 radical (unpaired) electrons. The van der Waals surface area contributed by atoms with Gasteiger partial charge in [-0.3, -0.25) is 9.59 Å². The van der Waals surface area contributed by atoms with Crippen molar-refractivity contribution in [2.75, 3.05) is 6.61 Å². The maximum atomic E-state index is 12.4. The van der Waals surface area contributed by atoms with Crippen LogP contribution in [0.4, 0.5) is 0 Å². The number of hydrogen-bond donors (Lipinski definition) is 1. The highest BCUT2D eigenvalue weighted by Crippen LogP contribution is 2.32. The zero-order valence-electron chi connectivity index (χ0n) is 14.8. The standard InChI is InChI=1S/C19H18BrCl2NO4/c1-3-27-17(25)5-4-16(24)18-19(26)13(20)9-11(23-18)8-12-14(21)6-10(2)7-15(12)22/h6-7,9,26H,3-5,8H2,1-2H3. The Bertz CT molecular complexity index is 863. The van der Waals surface area contributed by atoms with E-state index >= 15 is 0 Å². The predicted octanol–water partition coefficient (Wildman–Crippen LogP) is 5.28. The first-order chi connectivity index (χ1) is 12.7. The maximum Gasteiger partial charge on any atom is 0.306 e. The monoisotopic (exact) mass is 473 g/mol. The van der Waals surface area contributed by atoms with Crippen LogP contribution in [0.3, 0.4) is 0 Å². The van der Waals surface area contributed by atoms with Crippen molar-refractivity contribution < 1.29 is 19.4 Å². The lowest BCUT2D eigenvalue weighted by Gasteiger charge is -2.11. The van der Waals surface area contributed by atoms with Gasteiger partial charge in [0.05, 0.1) is 17.5 Å². The van der Waals surface area contributed by atoms with Crippen LogP contribution < -0.4 is 0 Å². The average Bonchev–Trinajstić information content (AvgIpc) is 2.59. The minimum Gasteiger partial charge on any atom is -0.504 e. The summed E-state index contributed by atoms with van der Waals surface area (Å²) < 4.78 is 5.13. The molecular formula is C19H18BrCl2NO4. The molecule has 8 heteroatoms. The summed E-state index contributed by atoms with van der Waals surface area (Å²) in [4.78, 5) is 28.1. The van der Waals surface area contributed by atoms with E-state index in [4.69, 9.17) is 27.9 Å². The van der Waals surface area contributed by atoms with E-state index in [1.165, 1.54) is 0 Å². The van der Waals surface area contributed by atoms with Gasteiger partial charge in [0.25, 0.3) is 0 Å². The molecule has 5 nitrogen and oxygen atoms in total. The molecule has 0 saturated carbocycles. The van der Waals surface area contributed by atoms with Gasteiger partial charge in [-0.1, -0.05) is 23.2 Å². The average molecular weight is 475 g/mol. The number of Topliss-reactive ketones (excluding diaryl/α,β-unsaturated/α-hetero) is 1. The van der Waals surface area contributed by atoms with Gasteiger partial charge in [-0.15, -0.1) is 0 Å². The molecule has 2 aromatic rings. The Hall–Kier alpha value is -1.63. The maximum absolute atomic E-state index is 12.4. The van der Waals surface area contributed by atoms with E-state index in [9.17, 15) is 14.7 Å². The fourth-order valence-corrected chi connectivity index (χ4v) is 3.67. The van der Waals surface area contributed by atoms with Crippen LogP contribution in [-0.2, 0) is 16.0 Å². The molecule has 0 fully saturated rings. The number of benzene rings is 1. The van der Waals surface area contributed by atoms with Crippen molar-refractivity contribution in [3.63, 3.8) is 0 Å². The van der Waals surface area contributed by atoms with Crippen LogP contribution in [0.1, 0.15) is 47.1 Å². The number of rotatable bonds is 7. The molecule has 1 N–H and O–H groups in total. The third-order valence-corrected chi connectivity index (χ3v) is 5.05. The Kier molecular flexibility index (Phi) is 7.65. The summed E-state index contributed by atoms with van der Waals surface area (Å²) in [5.41, 5.74) is 2.01. The smallest absolute Gasteiger partial charge is 0.306 e. The number of aryl methyl sites for hydroxylation is 1. The number of carbonyl (C=O) groups excluding carboxylic acids is 2. The molecule has 1 heterocycles. The number of esters is 1. The van der Waals surface area contributed by atoms with Gasteiger partial charge >= 0.3 is 5.97 Å². The molecule has 2 rings (SSSR count). The molecular weight excluding hydrogens is 457 g/mol. The summed E-state index contributed by atoms with van der Waals surface area (Å²) in [6, 6.07) is 5.19. The van der Waals surface area contributed by atoms with E-state index < -0.39 is 11.8 Å². The van der Waals surface area contributed by atoms with Crippen molar-refractivity contribution in [1.82, 2.24) is 4.98 Å². The predicted molar refractivity (Wildman–Crippen MR) is 108 cm³/mol. The van der Waals surface area contributed by atoms with Crippen molar-refractivity contribution in [1.29, 1.82) is 0 Å². The molecule has 0 spiro atoms. The van der Waals surface area contributed by atoms with E-state index in [0.29, 0.717) is 25.8 Å². The lowest BCUT2D eigenvalue weighted by atomic mass is 10.1. The second-order valence-corrected chi connectivity index (χ2v) is 7.57. The summed E-state index contributed by atoms with van der Waals surface area (Å²) in [6.45, 7) is 3.82. The quantitative estimate of drug-likeness (QED) is 0.436. The SMILES string of the molecule is CCOC(=O)CCC(=O)c1nc(Cc2c(Cl)cc(C)cc2Cl)cc(Br)c1O. The number of ether oxygens (including phenoxy) is 1. The van der Waals surface area contributed by atoms with E-state index in [1.54, 1.807) is 25.1 Å². The fraction of sp³-hybridized carbons (Fsp3) is 0.316. The molecule has 144 valence electrons. The van der Waals surface area contributed by atoms with Crippen LogP contribution in [0.15, 0.2) is 22.7 Å². The highest BCUT2D eigenvalue weighted by atomic mass is 79.9. The van der Waals surface area contributed by atoms with Crippen LogP contribution in [0.25, 0.3) is 0 Å². The van der Waals surface area contributed by atoms with E-state index in [2.05, 4.69) is 20.9 Å². The van der Waals surface area contributed by atoms with Crippen molar-refractivity contribution in [3.05, 3.63) is 55.2 Å². The topological polar surface area (TPSA) is 76.5 Å². The molecule has 1 aromatic carbocycles. The number of halogens is 3. The van der Waals surface area contributed by atoms with Gasteiger partial charge < -0.3 is 9.84 Å². The Morgan fingerprint density at radius 3 is 2.41 bits per heavy atom. The second-order valence-electron chi connectivity index (χ2n) is 5.90. The molecule has 0 aliphatic heterocycles. The molecule has 0 bridgehead atoms. The van der Waals surface area contributed by atoms with Crippen molar-refractivity contribution >= 4 is 50.9 Å². The van der Waals surface area contributed by atoms with E-state index in [1.807, 2.05) is 6.92 Å². The van der Waals surface area contributed by atoms with Gasteiger partial charge in [0.2, 0.25) is 0 Å². The van der Waals surface area contributed by atoms with Gasteiger partial charge in [-0.2, -0.15) is 0 Å². The molecule has 0 amide bonds. The first-order valence-electron chi connectivity index (χ1n) is 8.24. The van der Waals surface area contributed by atoms with Crippen molar-refractivity contribution in [3.8, 4) is 5.75 Å². The van der Waals surface area contributed by atoms with Gasteiger partial charge in [0.15, 0.2) is 11.5 Å². The van der Waals surface area contributed by atoms with Crippen LogP contribution in [0.2, 0.25) is 10.0 Å². The Labute approximate surface area is 175 Å². The number of ketones is 1. The number of aromatic hydroxyl groups is 1. The first-order valence-corrected chi connectivity index (χ1v) is 9.79. The third kappa shape index (κ3) is 5.67. The third-order valence-electron chi connectivity index (χ3n) is 3.77. The normalized spacial score (nSPS) is 10.7. The van der Waals surface area contributed by atoms with Crippen molar-refractivity contribution in [2.45, 2.75) is 33.1 Å². The Balaban J connectivity index is 2.28. The van der Waals surface area contributed by atoms with E-state index in [-0.39, 0.29) is 37.3 Å². The van der Waals surface area contributed by atoms with Crippen LogP contribution in [0, 0.1) is 6.92 Å². The largest absolute Gasteiger partial charge is 0.504 e. The van der Waals surface area contributed by atoms with Gasteiger partial charge in [0.1, 0.15) is 5.69 Å². The minimum absolute atomic E-state index is 0.0781. The van der Waals surface area contributed by atoms with Crippen LogP contribution >= 0.6 is 39.1 Å². The number of carbonyl (C=O) groups is 2.